The summed E-state index contributed by atoms with van der Waals surface area (Å²) in [4.78, 5) is 0. The second-order valence-electron chi connectivity index (χ2n) is 6.75. The van der Waals surface area contributed by atoms with Crippen LogP contribution in [0.1, 0.15) is 33.3 Å². The molecule has 0 aliphatic carbocycles. The van der Waals surface area contributed by atoms with E-state index in [0.29, 0.717) is 16.4 Å². The van der Waals surface area contributed by atoms with Gasteiger partial charge in [0.2, 0.25) is 0 Å². The first kappa shape index (κ1) is 14.5. The fourth-order valence-corrected chi connectivity index (χ4v) is 2.60. The Morgan fingerprint density at radius 3 is 2.33 bits per heavy atom. The lowest BCUT2D eigenvalue weighted by Crippen LogP contribution is -2.41. The molecule has 2 heterocycles. The third-order valence-electron chi connectivity index (χ3n) is 4.57. The Labute approximate surface area is 124 Å². The van der Waals surface area contributed by atoms with Crippen LogP contribution >= 0.6 is 0 Å². The van der Waals surface area contributed by atoms with Gasteiger partial charge in [0.25, 0.3) is 0 Å². The number of aromatic nitrogens is 2. The van der Waals surface area contributed by atoms with E-state index in [4.69, 9.17) is 9.31 Å². The molecule has 0 N–H and O–H groups in total. The number of rotatable bonds is 1. The number of halogens is 1. The molecule has 112 valence electrons. The van der Waals surface area contributed by atoms with Crippen molar-refractivity contribution in [1.82, 2.24) is 9.78 Å². The van der Waals surface area contributed by atoms with Crippen molar-refractivity contribution in [3.8, 4) is 0 Å². The maximum Gasteiger partial charge on any atom is 0.497 e. The van der Waals surface area contributed by atoms with E-state index in [1.165, 1.54) is 0 Å². The van der Waals surface area contributed by atoms with Crippen LogP contribution in [0.3, 0.4) is 0 Å². The van der Waals surface area contributed by atoms with Crippen molar-refractivity contribution in [2.45, 2.75) is 45.8 Å². The molecule has 0 radical (unpaired) electrons. The summed E-state index contributed by atoms with van der Waals surface area (Å²) in [5.41, 5.74) is 1.06. The lowest BCUT2D eigenvalue weighted by Gasteiger charge is -2.32. The molecule has 1 saturated heterocycles. The third kappa shape index (κ3) is 2.08. The minimum absolute atomic E-state index is 0.317. The molecule has 1 aliphatic rings. The van der Waals surface area contributed by atoms with Gasteiger partial charge in [-0.05, 0) is 40.2 Å². The molecule has 0 bridgehead atoms. The number of aryl methyl sites for hydroxylation is 2. The van der Waals surface area contributed by atoms with E-state index >= 15 is 0 Å². The van der Waals surface area contributed by atoms with Gasteiger partial charge in [-0.15, -0.1) is 0 Å². The molecule has 6 heteroatoms. The van der Waals surface area contributed by atoms with Gasteiger partial charge in [-0.2, -0.15) is 5.10 Å². The molecular formula is C15H20BFN2O2. The van der Waals surface area contributed by atoms with Crippen LogP contribution in [-0.2, 0) is 16.4 Å². The Morgan fingerprint density at radius 1 is 1.19 bits per heavy atom. The van der Waals surface area contributed by atoms with Gasteiger partial charge in [-0.25, -0.2) is 4.39 Å². The molecule has 2 aromatic rings. The minimum atomic E-state index is -0.696. The molecular weight excluding hydrogens is 270 g/mol. The maximum absolute atomic E-state index is 14.8. The predicted octanol–water partition coefficient (Wildman–Crippen LogP) is 2.32. The van der Waals surface area contributed by atoms with Crippen LogP contribution in [0.25, 0.3) is 10.9 Å². The summed E-state index contributed by atoms with van der Waals surface area (Å²) in [5, 5.41) is 4.80. The third-order valence-corrected chi connectivity index (χ3v) is 4.57. The first-order chi connectivity index (χ1) is 9.62. The van der Waals surface area contributed by atoms with Crippen molar-refractivity contribution in [3.63, 3.8) is 0 Å². The van der Waals surface area contributed by atoms with Crippen molar-refractivity contribution in [3.05, 3.63) is 23.6 Å². The van der Waals surface area contributed by atoms with Gasteiger partial charge < -0.3 is 9.31 Å². The van der Waals surface area contributed by atoms with Crippen LogP contribution in [0.15, 0.2) is 12.3 Å². The molecule has 0 atom stereocenters. The van der Waals surface area contributed by atoms with Gasteiger partial charge in [0, 0.05) is 18.7 Å². The standard InChI is InChI=1S/C15H20BFN2O2/c1-9-7-11(12(17)10-8-19(6)18-13(9)10)16-20-14(2,3)15(4,5)21-16/h7-8H,1-6H3. The zero-order valence-electron chi connectivity index (χ0n) is 13.3. The Bertz CT molecular complexity index is 708. The van der Waals surface area contributed by atoms with Gasteiger partial charge in [-0.1, -0.05) is 6.07 Å². The van der Waals surface area contributed by atoms with Crippen LogP contribution in [-0.4, -0.2) is 28.1 Å². The van der Waals surface area contributed by atoms with Gasteiger partial charge in [0.15, 0.2) is 0 Å². The summed E-state index contributed by atoms with van der Waals surface area (Å²) in [6, 6.07) is 1.77. The van der Waals surface area contributed by atoms with E-state index in [1.807, 2.05) is 34.6 Å². The number of hydrogen-bond acceptors (Lipinski definition) is 3. The Balaban J connectivity index is 2.12. The summed E-state index contributed by atoms with van der Waals surface area (Å²) < 4.78 is 28.3. The van der Waals surface area contributed by atoms with E-state index in [9.17, 15) is 4.39 Å². The van der Waals surface area contributed by atoms with Crippen LogP contribution < -0.4 is 5.46 Å². The molecule has 3 rings (SSSR count). The average molecular weight is 290 g/mol. The first-order valence-electron chi connectivity index (χ1n) is 7.10. The van der Waals surface area contributed by atoms with Crippen molar-refractivity contribution >= 4 is 23.5 Å². The van der Waals surface area contributed by atoms with E-state index in [1.54, 1.807) is 24.0 Å². The van der Waals surface area contributed by atoms with Gasteiger partial charge >= 0.3 is 7.12 Å². The monoisotopic (exact) mass is 290 g/mol. The molecule has 0 amide bonds. The molecule has 0 saturated carbocycles. The molecule has 1 aromatic carbocycles. The zero-order chi connectivity index (χ0) is 15.6. The van der Waals surface area contributed by atoms with Crippen LogP contribution in [0.4, 0.5) is 4.39 Å². The number of benzene rings is 1. The summed E-state index contributed by atoms with van der Waals surface area (Å²) in [7, 11) is 1.09. The molecule has 1 aliphatic heterocycles. The highest BCUT2D eigenvalue weighted by Gasteiger charge is 2.52. The number of fused-ring (bicyclic) bond motifs is 1. The van der Waals surface area contributed by atoms with Crippen LogP contribution in [0.2, 0.25) is 0 Å². The van der Waals surface area contributed by atoms with Crippen molar-refractivity contribution in [2.75, 3.05) is 0 Å². The van der Waals surface area contributed by atoms with Gasteiger partial charge in [0.1, 0.15) is 5.82 Å². The molecule has 1 fully saturated rings. The molecule has 1 aromatic heterocycles. The van der Waals surface area contributed by atoms with E-state index in [2.05, 4.69) is 5.10 Å². The molecule has 4 nitrogen and oxygen atoms in total. The van der Waals surface area contributed by atoms with E-state index in [0.717, 1.165) is 5.56 Å². The van der Waals surface area contributed by atoms with Gasteiger partial charge in [0.05, 0.1) is 22.1 Å². The average Bonchev–Trinajstić information content (AvgIpc) is 2.83. The first-order valence-corrected chi connectivity index (χ1v) is 7.10. The highest BCUT2D eigenvalue weighted by atomic mass is 19.1. The predicted molar refractivity (Wildman–Crippen MR) is 81.1 cm³/mol. The zero-order valence-corrected chi connectivity index (χ0v) is 13.3. The van der Waals surface area contributed by atoms with E-state index in [-0.39, 0.29) is 5.82 Å². The number of hydrogen-bond donors (Lipinski definition) is 0. The smallest absolute Gasteiger partial charge is 0.399 e. The fraction of sp³-hybridized carbons (Fsp3) is 0.533. The van der Waals surface area contributed by atoms with Gasteiger partial charge in [-0.3, -0.25) is 4.68 Å². The lowest BCUT2D eigenvalue weighted by atomic mass is 9.77. The Morgan fingerprint density at radius 2 is 1.76 bits per heavy atom. The summed E-state index contributed by atoms with van der Waals surface area (Å²) in [6.45, 7) is 9.75. The Hall–Kier alpha value is -1.40. The minimum Gasteiger partial charge on any atom is -0.399 e. The highest BCUT2D eigenvalue weighted by Crippen LogP contribution is 2.37. The van der Waals surface area contributed by atoms with Crippen molar-refractivity contribution < 1.29 is 13.7 Å². The Kier molecular flexibility index (Phi) is 2.98. The lowest BCUT2D eigenvalue weighted by molar-refractivity contribution is 0.00578. The SMILES string of the molecule is Cc1cc(B2OC(C)(C)C(C)(C)O2)c(F)c2cn(C)nc12. The number of nitrogens with zero attached hydrogens (tertiary/aromatic N) is 2. The van der Waals surface area contributed by atoms with Crippen LogP contribution in [0.5, 0.6) is 0 Å². The summed E-state index contributed by atoms with van der Waals surface area (Å²) in [5.74, 6) is -0.317. The second-order valence-corrected chi connectivity index (χ2v) is 6.75. The van der Waals surface area contributed by atoms with Crippen molar-refractivity contribution in [1.29, 1.82) is 0 Å². The molecule has 0 unspecified atom stereocenters. The maximum atomic E-state index is 14.8. The van der Waals surface area contributed by atoms with Crippen LogP contribution in [0, 0.1) is 12.7 Å². The summed E-state index contributed by atoms with van der Waals surface area (Å²) >= 11 is 0. The summed E-state index contributed by atoms with van der Waals surface area (Å²) in [6.07, 6.45) is 1.69. The molecule has 21 heavy (non-hydrogen) atoms. The topological polar surface area (TPSA) is 36.3 Å². The molecule has 0 spiro atoms. The quantitative estimate of drug-likeness (QED) is 0.756. The largest absolute Gasteiger partial charge is 0.497 e. The van der Waals surface area contributed by atoms with Crippen molar-refractivity contribution in [2.24, 2.45) is 7.05 Å². The second kappa shape index (κ2) is 4.30. The highest BCUT2D eigenvalue weighted by molar-refractivity contribution is 6.62. The van der Waals surface area contributed by atoms with E-state index < -0.39 is 18.3 Å². The normalized spacial score (nSPS) is 20.4. The fourth-order valence-electron chi connectivity index (χ4n) is 2.60.